The number of carbonyl (C=O) groups is 9. The SMILES string of the molecule is CCCCC/C=C\C/C=C\CCCCCCCC(=O)OCCN(CCOC(=O)CCCCCCC/C=C\C/C=C\CCCCC)C(=O)CCC(=O)CC(CCCCNC(=O)CCC(=O)N(CCOC(=O)CCCCCCC/C=C\C/C=C\CCCCC)CCOC(=O)CCCCCCC/C=C\C/C=C\CCCCC)C(=O)NCCCOCCOCC. The van der Waals surface area contributed by atoms with E-state index in [9.17, 15) is 43.2 Å². The molecule has 0 aromatic carbocycles. The molecule has 1 atom stereocenters. The molecule has 121 heavy (non-hydrogen) atoms. The highest BCUT2D eigenvalue weighted by atomic mass is 16.5. The van der Waals surface area contributed by atoms with Gasteiger partial charge >= 0.3 is 23.9 Å². The maximum absolute atomic E-state index is 14.0. The van der Waals surface area contributed by atoms with Crippen LogP contribution >= 0.6 is 0 Å². The Bertz CT molecular complexity index is 2630. The Balaban J connectivity index is 5.78. The summed E-state index contributed by atoms with van der Waals surface area (Å²) in [4.78, 5) is 123. The van der Waals surface area contributed by atoms with Gasteiger partial charge in [-0.15, -0.1) is 0 Å². The molecule has 0 aliphatic carbocycles. The molecular weight excluding hydrogens is 1520 g/mol. The molecule has 0 bridgehead atoms. The van der Waals surface area contributed by atoms with Crippen LogP contribution in [0.1, 0.15) is 401 Å². The molecule has 0 fully saturated rings. The number of ether oxygens (including phenoxy) is 6. The number of ketones is 1. The van der Waals surface area contributed by atoms with E-state index in [2.05, 4.69) is 136 Å². The molecule has 2 N–H and O–H groups in total. The lowest BCUT2D eigenvalue weighted by Crippen LogP contribution is -2.38. The smallest absolute Gasteiger partial charge is 0.305 e. The zero-order chi connectivity index (χ0) is 88.1. The Hall–Kier alpha value is -6.73. The van der Waals surface area contributed by atoms with Crippen LogP contribution in [0.4, 0.5) is 0 Å². The molecule has 0 spiro atoms. The summed E-state index contributed by atoms with van der Waals surface area (Å²) in [6.45, 7) is 13.4. The Morgan fingerprint density at radius 1 is 0.273 bits per heavy atom. The van der Waals surface area contributed by atoms with Crippen LogP contribution in [0.5, 0.6) is 0 Å². The van der Waals surface area contributed by atoms with Crippen molar-refractivity contribution in [3.05, 3.63) is 97.2 Å². The van der Waals surface area contributed by atoms with E-state index in [-0.39, 0.29) is 170 Å². The van der Waals surface area contributed by atoms with Gasteiger partial charge in [0.2, 0.25) is 23.6 Å². The lowest BCUT2D eigenvalue weighted by Gasteiger charge is -2.23. The van der Waals surface area contributed by atoms with Gasteiger partial charge in [0.1, 0.15) is 32.2 Å². The van der Waals surface area contributed by atoms with Crippen LogP contribution in [0.25, 0.3) is 0 Å². The molecule has 694 valence electrons. The predicted octanol–water partition coefficient (Wildman–Crippen LogP) is 24.1. The van der Waals surface area contributed by atoms with E-state index in [0.29, 0.717) is 84.3 Å². The topological polar surface area (TPSA) is 240 Å². The molecule has 19 nitrogen and oxygen atoms in total. The van der Waals surface area contributed by atoms with Crippen molar-refractivity contribution in [1.82, 2.24) is 20.4 Å². The molecule has 0 heterocycles. The minimum absolute atomic E-state index is 0.0307. The van der Waals surface area contributed by atoms with Crippen LogP contribution in [0.2, 0.25) is 0 Å². The van der Waals surface area contributed by atoms with Crippen molar-refractivity contribution in [3.8, 4) is 0 Å². The van der Waals surface area contributed by atoms with Crippen molar-refractivity contribution in [2.45, 2.75) is 401 Å². The molecule has 0 aliphatic rings. The number of allylic oxidation sites excluding steroid dienone is 16. The zero-order valence-corrected chi connectivity index (χ0v) is 77.5. The summed E-state index contributed by atoms with van der Waals surface area (Å²) in [6.07, 6.45) is 85.5. The standard InChI is InChI=1S/C102H176N4O15/c1-6-11-15-19-23-27-31-35-39-43-47-51-55-59-63-71-98(111)118-86-81-105(82-87-119-99(112)72-64-60-56-52-48-44-40-36-32-28-24-20-16-12-7-2)96(109)77-75-94(107)92-93(102(115)104-80-69-85-117-91-90-116-10-5)70-67-68-79-103-95(108)76-78-97(110)106(83-88-120-100(113)73-65-61-57-53-49-45-41-37-33-29-25-21-17-13-8-3)84-89-121-101(114)74-66-62-58-54-50-46-42-38-34-30-26-22-18-14-9-4/h23-30,35-42,93H,6-22,31-34,43-92H2,1-5H3,(H,103,108)(H,104,115)/b27-23-,28-24-,29-25-,30-26-,39-35-,40-36-,41-37-,42-38-. The van der Waals surface area contributed by atoms with Gasteiger partial charge in [0.05, 0.1) is 39.4 Å². The normalized spacial score (nSPS) is 12.1. The van der Waals surface area contributed by atoms with Crippen molar-refractivity contribution in [1.29, 1.82) is 0 Å². The summed E-state index contributed by atoms with van der Waals surface area (Å²) in [5.41, 5.74) is 0. The fourth-order valence-electron chi connectivity index (χ4n) is 13.6. The van der Waals surface area contributed by atoms with Gasteiger partial charge in [0.15, 0.2) is 0 Å². The van der Waals surface area contributed by atoms with E-state index in [4.69, 9.17) is 28.4 Å². The second-order valence-electron chi connectivity index (χ2n) is 32.3. The molecule has 0 aliphatic heterocycles. The van der Waals surface area contributed by atoms with Gasteiger partial charge in [-0.2, -0.15) is 0 Å². The monoisotopic (exact) mass is 1700 g/mol. The summed E-state index contributed by atoms with van der Waals surface area (Å²) in [6, 6.07) is 0. The van der Waals surface area contributed by atoms with E-state index >= 15 is 0 Å². The van der Waals surface area contributed by atoms with Crippen LogP contribution in [0.3, 0.4) is 0 Å². The number of esters is 4. The van der Waals surface area contributed by atoms with Crippen LogP contribution in [0.15, 0.2) is 97.2 Å². The van der Waals surface area contributed by atoms with Gasteiger partial charge in [-0.25, -0.2) is 0 Å². The molecule has 0 aromatic rings. The van der Waals surface area contributed by atoms with Crippen LogP contribution in [-0.4, -0.2) is 155 Å². The minimum Gasteiger partial charge on any atom is -0.464 e. The van der Waals surface area contributed by atoms with Crippen molar-refractivity contribution in [3.63, 3.8) is 0 Å². The van der Waals surface area contributed by atoms with Crippen molar-refractivity contribution in [2.75, 3.05) is 92.1 Å². The van der Waals surface area contributed by atoms with Gasteiger partial charge in [0.25, 0.3) is 0 Å². The lowest BCUT2D eigenvalue weighted by molar-refractivity contribution is -0.148. The van der Waals surface area contributed by atoms with Gasteiger partial charge < -0.3 is 48.9 Å². The average molecular weight is 1700 g/mol. The number of Topliss-reactive ketones (excluding diaryl/α,β-unsaturated/α-hetero) is 1. The van der Waals surface area contributed by atoms with Crippen LogP contribution in [-0.2, 0) is 71.6 Å². The van der Waals surface area contributed by atoms with Crippen LogP contribution in [0, 0.1) is 5.92 Å². The summed E-state index contributed by atoms with van der Waals surface area (Å²) < 4.78 is 33.5. The largest absolute Gasteiger partial charge is 0.464 e. The summed E-state index contributed by atoms with van der Waals surface area (Å²) in [5.74, 6) is -3.69. The molecule has 4 amide bonds. The lowest BCUT2D eigenvalue weighted by atomic mass is 9.93. The average Bonchev–Trinajstić information content (AvgIpc) is 0.906. The van der Waals surface area contributed by atoms with E-state index in [1.807, 2.05) is 6.92 Å². The Labute approximate surface area is 737 Å². The number of hydrogen-bond donors (Lipinski definition) is 2. The Morgan fingerprint density at radius 3 is 0.901 bits per heavy atom. The molecule has 0 saturated heterocycles. The van der Waals surface area contributed by atoms with E-state index in [1.165, 1.54) is 86.8 Å². The molecule has 1 unspecified atom stereocenters. The predicted molar refractivity (Wildman–Crippen MR) is 498 cm³/mol. The van der Waals surface area contributed by atoms with Gasteiger partial charge in [-0.3, -0.25) is 43.2 Å². The third-order valence-electron chi connectivity index (χ3n) is 21.2. The maximum atomic E-state index is 14.0. The first kappa shape index (κ1) is 114. The number of carbonyl (C=O) groups excluding carboxylic acids is 9. The first-order valence-electron chi connectivity index (χ1n) is 48.9. The number of rotatable bonds is 90. The third kappa shape index (κ3) is 83.9. The first-order valence-corrected chi connectivity index (χ1v) is 48.9. The molecule has 0 saturated carbocycles. The summed E-state index contributed by atoms with van der Waals surface area (Å²) in [5, 5.41) is 5.87. The third-order valence-corrected chi connectivity index (χ3v) is 21.2. The van der Waals surface area contributed by atoms with Gasteiger partial charge in [-0.05, 0) is 180 Å². The first-order chi connectivity index (χ1) is 59.3. The number of unbranched alkanes of at least 4 members (excludes halogenated alkanes) is 33. The zero-order valence-electron chi connectivity index (χ0n) is 77.5. The minimum atomic E-state index is -0.718. The number of nitrogens with zero attached hydrogens (tertiary/aromatic N) is 2. The fourth-order valence-corrected chi connectivity index (χ4v) is 13.6. The molecule has 0 rings (SSSR count). The second-order valence-corrected chi connectivity index (χ2v) is 32.3. The van der Waals surface area contributed by atoms with Crippen molar-refractivity contribution >= 4 is 53.3 Å². The van der Waals surface area contributed by atoms with Gasteiger partial charge in [0, 0.05) is 90.0 Å². The number of nitrogens with one attached hydrogen (secondary N) is 2. The molecular formula is C102H176N4O15. The van der Waals surface area contributed by atoms with Crippen molar-refractivity contribution in [2.24, 2.45) is 5.92 Å². The van der Waals surface area contributed by atoms with Gasteiger partial charge in [-0.1, -0.05) is 260 Å². The number of amides is 4. The van der Waals surface area contributed by atoms with Crippen molar-refractivity contribution < 1.29 is 71.6 Å². The molecule has 19 heteroatoms. The summed E-state index contributed by atoms with van der Waals surface area (Å²) >= 11 is 0. The highest BCUT2D eigenvalue weighted by Gasteiger charge is 2.24. The highest BCUT2D eigenvalue weighted by Crippen LogP contribution is 2.19. The summed E-state index contributed by atoms with van der Waals surface area (Å²) in [7, 11) is 0. The molecule has 0 aromatic heterocycles. The quantitative estimate of drug-likeness (QED) is 0.0249. The molecule has 0 radical (unpaired) electrons. The fraction of sp³-hybridized carbons (Fsp3) is 0.755. The highest BCUT2D eigenvalue weighted by molar-refractivity contribution is 5.89. The van der Waals surface area contributed by atoms with E-state index in [1.54, 1.807) is 0 Å². The van der Waals surface area contributed by atoms with E-state index in [0.717, 1.165) is 180 Å². The second kappa shape index (κ2) is 92.5. The van der Waals surface area contributed by atoms with E-state index < -0.39 is 5.92 Å². The van der Waals surface area contributed by atoms with Crippen LogP contribution < -0.4 is 10.6 Å². The Kier molecular flexibility index (Phi) is 87.3. The Morgan fingerprint density at radius 2 is 0.570 bits per heavy atom. The maximum Gasteiger partial charge on any atom is 0.305 e. The number of hydrogen-bond acceptors (Lipinski definition) is 15.